The monoisotopic (exact) mass is 263 g/mol. The Morgan fingerprint density at radius 3 is 2.84 bits per heavy atom. The average Bonchev–Trinajstić information content (AvgIpc) is 2.40. The molecule has 0 saturated heterocycles. The minimum absolute atomic E-state index is 0.735. The van der Waals surface area contributed by atoms with Gasteiger partial charge in [0.15, 0.2) is 0 Å². The van der Waals surface area contributed by atoms with Crippen molar-refractivity contribution in [3.8, 4) is 0 Å². The molecule has 19 heavy (non-hydrogen) atoms. The predicted octanol–water partition coefficient (Wildman–Crippen LogP) is 3.58. The van der Waals surface area contributed by atoms with Crippen molar-refractivity contribution >= 4 is 0 Å². The van der Waals surface area contributed by atoms with Gasteiger partial charge in [-0.3, -0.25) is 0 Å². The van der Waals surface area contributed by atoms with Crippen LogP contribution in [0.5, 0.6) is 0 Å². The third kappa shape index (κ3) is 7.34. The van der Waals surface area contributed by atoms with Crippen LogP contribution in [-0.2, 0) is 11.2 Å². The molecule has 1 unspecified atom stereocenters. The number of unbranched alkanes of at least 4 members (excludes halogenated alkanes) is 1. The summed E-state index contributed by atoms with van der Waals surface area (Å²) in [4.78, 5) is 0. The van der Waals surface area contributed by atoms with Crippen LogP contribution < -0.4 is 5.32 Å². The third-order valence-electron chi connectivity index (χ3n) is 3.49. The molecule has 108 valence electrons. The number of ether oxygens (including phenoxy) is 1. The Balaban J connectivity index is 2.43. The van der Waals surface area contributed by atoms with Gasteiger partial charge in [-0.15, -0.1) is 0 Å². The zero-order chi connectivity index (χ0) is 13.9. The lowest BCUT2D eigenvalue weighted by Gasteiger charge is -2.18. The van der Waals surface area contributed by atoms with Crippen molar-refractivity contribution < 1.29 is 4.74 Å². The maximum atomic E-state index is 5.08. The summed E-state index contributed by atoms with van der Waals surface area (Å²) in [6.07, 6.45) is 5.09. The van der Waals surface area contributed by atoms with Crippen molar-refractivity contribution in [3.63, 3.8) is 0 Å². The first-order valence-electron chi connectivity index (χ1n) is 7.51. The molecule has 1 atom stereocenters. The van der Waals surface area contributed by atoms with E-state index in [1.165, 1.54) is 36.8 Å². The fourth-order valence-corrected chi connectivity index (χ4v) is 2.42. The standard InChI is InChI=1S/C17H29NO/c1-4-5-8-17(14-18-10-11-19-3)13-16-9-6-7-15(2)12-16/h6-7,9,12,17-18H,4-5,8,10-11,13-14H2,1-3H3. The van der Waals surface area contributed by atoms with Gasteiger partial charge in [-0.05, 0) is 37.8 Å². The number of benzene rings is 1. The molecular formula is C17H29NO. The molecule has 0 aliphatic carbocycles. The summed E-state index contributed by atoms with van der Waals surface area (Å²) < 4.78 is 5.08. The van der Waals surface area contributed by atoms with Crippen molar-refractivity contribution in [1.82, 2.24) is 5.32 Å². The first-order valence-corrected chi connectivity index (χ1v) is 7.51. The lowest BCUT2D eigenvalue weighted by atomic mass is 9.93. The highest BCUT2D eigenvalue weighted by atomic mass is 16.5. The Kier molecular flexibility index (Phi) is 8.52. The third-order valence-corrected chi connectivity index (χ3v) is 3.49. The minimum Gasteiger partial charge on any atom is -0.383 e. The summed E-state index contributed by atoms with van der Waals surface area (Å²) in [5.41, 5.74) is 2.83. The molecule has 0 fully saturated rings. The van der Waals surface area contributed by atoms with Gasteiger partial charge in [-0.1, -0.05) is 49.6 Å². The summed E-state index contributed by atoms with van der Waals surface area (Å²) in [5, 5.41) is 3.51. The van der Waals surface area contributed by atoms with E-state index in [2.05, 4.69) is 43.4 Å². The Morgan fingerprint density at radius 2 is 2.16 bits per heavy atom. The number of aryl methyl sites for hydroxylation is 1. The fourth-order valence-electron chi connectivity index (χ4n) is 2.42. The summed E-state index contributed by atoms with van der Waals surface area (Å²) in [5.74, 6) is 0.735. The Hall–Kier alpha value is -0.860. The normalized spacial score (nSPS) is 12.6. The molecule has 0 bridgehead atoms. The molecule has 0 amide bonds. The molecule has 1 N–H and O–H groups in total. The average molecular weight is 263 g/mol. The summed E-state index contributed by atoms with van der Waals surface area (Å²) in [6, 6.07) is 8.90. The molecule has 2 nitrogen and oxygen atoms in total. The maximum Gasteiger partial charge on any atom is 0.0587 e. The molecule has 0 aliphatic rings. The lowest BCUT2D eigenvalue weighted by molar-refractivity contribution is 0.197. The van der Waals surface area contributed by atoms with Gasteiger partial charge in [0.1, 0.15) is 0 Å². The highest BCUT2D eigenvalue weighted by Gasteiger charge is 2.09. The molecule has 0 spiro atoms. The Bertz CT molecular complexity index is 338. The van der Waals surface area contributed by atoms with E-state index in [0.29, 0.717) is 0 Å². The van der Waals surface area contributed by atoms with Gasteiger partial charge in [0.2, 0.25) is 0 Å². The number of rotatable bonds is 10. The van der Waals surface area contributed by atoms with E-state index >= 15 is 0 Å². The van der Waals surface area contributed by atoms with E-state index < -0.39 is 0 Å². The summed E-state index contributed by atoms with van der Waals surface area (Å²) in [6.45, 7) is 7.28. The van der Waals surface area contributed by atoms with Crippen LogP contribution in [0, 0.1) is 12.8 Å². The number of hydrogen-bond acceptors (Lipinski definition) is 2. The molecule has 1 rings (SSSR count). The van der Waals surface area contributed by atoms with Gasteiger partial charge in [-0.25, -0.2) is 0 Å². The van der Waals surface area contributed by atoms with Crippen LogP contribution in [0.2, 0.25) is 0 Å². The van der Waals surface area contributed by atoms with E-state index in [9.17, 15) is 0 Å². The van der Waals surface area contributed by atoms with E-state index in [-0.39, 0.29) is 0 Å². The van der Waals surface area contributed by atoms with Crippen LogP contribution in [0.25, 0.3) is 0 Å². The van der Waals surface area contributed by atoms with Gasteiger partial charge >= 0.3 is 0 Å². The molecule has 0 radical (unpaired) electrons. The molecule has 0 aromatic heterocycles. The van der Waals surface area contributed by atoms with Crippen molar-refractivity contribution in [1.29, 1.82) is 0 Å². The molecule has 1 aromatic rings. The van der Waals surface area contributed by atoms with Crippen LogP contribution in [0.3, 0.4) is 0 Å². The molecule has 0 saturated carbocycles. The molecule has 0 heterocycles. The van der Waals surface area contributed by atoms with Crippen molar-refractivity contribution in [3.05, 3.63) is 35.4 Å². The van der Waals surface area contributed by atoms with Crippen LogP contribution in [0.4, 0.5) is 0 Å². The second-order valence-electron chi connectivity index (χ2n) is 5.40. The largest absolute Gasteiger partial charge is 0.383 e. The van der Waals surface area contributed by atoms with E-state index in [4.69, 9.17) is 4.74 Å². The van der Waals surface area contributed by atoms with Crippen molar-refractivity contribution in [2.24, 2.45) is 5.92 Å². The molecule has 0 aliphatic heterocycles. The van der Waals surface area contributed by atoms with Gasteiger partial charge in [-0.2, -0.15) is 0 Å². The van der Waals surface area contributed by atoms with Crippen molar-refractivity contribution in [2.75, 3.05) is 26.8 Å². The van der Waals surface area contributed by atoms with Gasteiger partial charge in [0.25, 0.3) is 0 Å². The van der Waals surface area contributed by atoms with Gasteiger partial charge in [0.05, 0.1) is 6.61 Å². The minimum atomic E-state index is 0.735. The number of nitrogens with one attached hydrogen (secondary N) is 1. The highest BCUT2D eigenvalue weighted by Crippen LogP contribution is 2.15. The quantitative estimate of drug-likeness (QED) is 0.651. The van der Waals surface area contributed by atoms with Crippen molar-refractivity contribution in [2.45, 2.75) is 39.5 Å². The predicted molar refractivity (Wildman–Crippen MR) is 82.6 cm³/mol. The Morgan fingerprint density at radius 1 is 1.32 bits per heavy atom. The van der Waals surface area contributed by atoms with Crippen LogP contribution in [-0.4, -0.2) is 26.8 Å². The van der Waals surface area contributed by atoms with E-state index in [1.54, 1.807) is 7.11 Å². The van der Waals surface area contributed by atoms with E-state index in [0.717, 1.165) is 25.6 Å². The SMILES string of the molecule is CCCCC(CNCCOC)Cc1cccc(C)c1. The maximum absolute atomic E-state index is 5.08. The first-order chi connectivity index (χ1) is 9.26. The van der Waals surface area contributed by atoms with Gasteiger partial charge in [0, 0.05) is 13.7 Å². The molecule has 2 heteroatoms. The first kappa shape index (κ1) is 16.2. The second-order valence-corrected chi connectivity index (χ2v) is 5.40. The second kappa shape index (κ2) is 9.99. The Labute approximate surface area is 118 Å². The summed E-state index contributed by atoms with van der Waals surface area (Å²) >= 11 is 0. The van der Waals surface area contributed by atoms with E-state index in [1.807, 2.05) is 0 Å². The lowest BCUT2D eigenvalue weighted by Crippen LogP contribution is -2.27. The zero-order valence-electron chi connectivity index (χ0n) is 12.7. The summed E-state index contributed by atoms with van der Waals surface area (Å²) in [7, 11) is 1.75. The topological polar surface area (TPSA) is 21.3 Å². The number of methoxy groups -OCH3 is 1. The van der Waals surface area contributed by atoms with Gasteiger partial charge < -0.3 is 10.1 Å². The molecule has 1 aromatic carbocycles. The fraction of sp³-hybridized carbons (Fsp3) is 0.647. The molecular weight excluding hydrogens is 234 g/mol. The highest BCUT2D eigenvalue weighted by molar-refractivity contribution is 5.22. The van der Waals surface area contributed by atoms with Crippen LogP contribution in [0.15, 0.2) is 24.3 Å². The zero-order valence-corrected chi connectivity index (χ0v) is 12.7. The number of hydrogen-bond donors (Lipinski definition) is 1. The van der Waals surface area contributed by atoms with Crippen LogP contribution in [0.1, 0.15) is 37.3 Å². The smallest absolute Gasteiger partial charge is 0.0587 e. The van der Waals surface area contributed by atoms with Crippen LogP contribution >= 0.6 is 0 Å².